The second-order valence-electron chi connectivity index (χ2n) is 3.32. The summed E-state index contributed by atoms with van der Waals surface area (Å²) in [4.78, 5) is 0. The quantitative estimate of drug-likeness (QED) is 0.202. The van der Waals surface area contributed by atoms with E-state index in [2.05, 4.69) is 36.5 Å². The normalized spacial score (nSPS) is 8.73. The molecule has 0 saturated carbocycles. The number of rotatable bonds is 2. The summed E-state index contributed by atoms with van der Waals surface area (Å²) in [5.74, 6) is 0. The smallest absolute Gasteiger partial charge is 0.812 e. The molecule has 14 heteroatoms. The Morgan fingerprint density at radius 3 is 0.900 bits per heavy atom. The fourth-order valence-electron chi connectivity index (χ4n) is 1.29. The maximum Gasteiger partial charge on any atom is 4.00 e. The molecule has 0 unspecified atom stereocenters. The summed E-state index contributed by atoms with van der Waals surface area (Å²) >= 11 is -0.526. The van der Waals surface area contributed by atoms with Gasteiger partial charge in [0.25, 0.3) is 0 Å². The Labute approximate surface area is 203 Å². The maximum absolute atomic E-state index is 8.24. The third kappa shape index (κ3) is 64.4. The molecule has 0 spiro atoms. The molecule has 12 nitrogen and oxygen atoms in total. The minimum atomic E-state index is -0.526. The second kappa shape index (κ2) is 50.0. The molecule has 0 heterocycles. The molecule has 0 N–H and O–H groups in total. The third-order valence-corrected chi connectivity index (χ3v) is 6.84. The average Bonchev–Trinajstić information content (AvgIpc) is 3.34. The van der Waals surface area contributed by atoms with Gasteiger partial charge >= 0.3 is 105 Å². The number of nitriles is 6. The molecule has 0 bridgehead atoms. The van der Waals surface area contributed by atoms with Crippen LogP contribution in [0.3, 0.4) is 0 Å². The summed E-state index contributed by atoms with van der Waals surface area (Å²) in [6, 6.07) is 0. The van der Waals surface area contributed by atoms with Crippen LogP contribution >= 0.6 is 0 Å². The van der Waals surface area contributed by atoms with Crippen LogP contribution in [-0.2, 0) is 49.1 Å². The Hall–Kier alpha value is -3.55. The van der Waals surface area contributed by atoms with Gasteiger partial charge in [-0.1, -0.05) is 0 Å². The van der Waals surface area contributed by atoms with Crippen molar-refractivity contribution in [2.24, 2.45) is 0 Å². The van der Waals surface area contributed by atoms with Gasteiger partial charge in [-0.15, -0.1) is 0 Å². The molecular weight excluding hydrogens is 642 g/mol. The van der Waals surface area contributed by atoms with Crippen LogP contribution in [0.5, 0.6) is 0 Å². The van der Waals surface area contributed by atoms with Crippen LogP contribution in [0.2, 0.25) is 0 Å². The molecule has 0 fully saturated rings. The van der Waals surface area contributed by atoms with Gasteiger partial charge in [0.2, 0.25) is 0 Å². The topological polar surface area (TPSA) is 281 Å². The zero-order chi connectivity index (χ0) is 23.8. The van der Waals surface area contributed by atoms with Crippen molar-refractivity contribution in [1.82, 2.24) is 0 Å². The molecule has 0 aliphatic heterocycles. The number of hydrogen-bond donors (Lipinski definition) is 0. The molecule has 148 valence electrons. The molecule has 0 aromatic heterocycles. The van der Waals surface area contributed by atoms with Gasteiger partial charge < -0.3 is 30.6 Å². The van der Waals surface area contributed by atoms with Crippen LogP contribution in [0, 0.1) is 69.1 Å². The van der Waals surface area contributed by atoms with Crippen molar-refractivity contribution in [3.05, 3.63) is 43.1 Å². The van der Waals surface area contributed by atoms with Crippen molar-refractivity contribution in [1.29, 1.82) is 31.6 Å². The van der Waals surface area contributed by atoms with E-state index in [0.717, 1.165) is 0 Å². The van der Waals surface area contributed by atoms with Gasteiger partial charge in [0.1, 0.15) is 0 Å². The van der Waals surface area contributed by atoms with Crippen LogP contribution in [-0.4, -0.2) is 0 Å². The van der Waals surface area contributed by atoms with Gasteiger partial charge in [-0.25, -0.2) is 31.6 Å². The van der Waals surface area contributed by atoms with Gasteiger partial charge in [0, 0.05) is 37.5 Å². The summed E-state index contributed by atoms with van der Waals surface area (Å²) < 4.78 is 3.50. The monoisotopic (exact) mass is 652 g/mol. The standard InChI is InChI=1S/2C5H5.6CHNO.Hf.Zr/c2*1-2-4-5-3-1;6*2-1-3;;/h2*1-3H,4H2;6*3H;;/q;;;;;;;;+2;+4/p-6. The summed E-state index contributed by atoms with van der Waals surface area (Å²) in [6.07, 6.45) is 19.1. The van der Waals surface area contributed by atoms with E-state index < -0.39 is 22.9 Å². The molecule has 2 rings (SSSR count). The van der Waals surface area contributed by atoms with E-state index in [9.17, 15) is 0 Å². The van der Waals surface area contributed by atoms with Crippen molar-refractivity contribution < 1.29 is 79.7 Å². The van der Waals surface area contributed by atoms with Crippen LogP contribution in [0.15, 0.2) is 43.1 Å². The molecule has 2 aliphatic carbocycles. The van der Waals surface area contributed by atoms with Crippen molar-refractivity contribution in [3.63, 3.8) is 0 Å². The Morgan fingerprint density at radius 2 is 0.767 bits per heavy atom. The first-order chi connectivity index (χ1) is 13.9. The van der Waals surface area contributed by atoms with E-state index in [1.165, 1.54) is 12.8 Å². The molecule has 0 atom stereocenters. The van der Waals surface area contributed by atoms with Crippen molar-refractivity contribution in [3.8, 4) is 37.5 Å². The van der Waals surface area contributed by atoms with Crippen LogP contribution < -0.4 is 30.6 Å². The summed E-state index contributed by atoms with van der Waals surface area (Å²) in [6.45, 7) is 0. The van der Waals surface area contributed by atoms with Crippen molar-refractivity contribution in [2.45, 2.75) is 12.8 Å². The summed E-state index contributed by atoms with van der Waals surface area (Å²) in [7, 11) is 0. The van der Waals surface area contributed by atoms with E-state index in [-0.39, 0.29) is 26.2 Å². The van der Waals surface area contributed by atoms with E-state index in [1.54, 1.807) is 6.66 Å². The Bertz CT molecular complexity index is 637. The summed E-state index contributed by atoms with van der Waals surface area (Å²) in [5, 5.41) is 90.0. The minimum absolute atomic E-state index is 0. The fourth-order valence-corrected chi connectivity index (χ4v) is 5.64. The Morgan fingerprint density at radius 1 is 0.567 bits per heavy atom. The van der Waals surface area contributed by atoms with Gasteiger partial charge in [0.05, 0.1) is 0 Å². The number of allylic oxidation sites excluding steroid dienone is 8. The molecule has 30 heavy (non-hydrogen) atoms. The SMILES string of the molecule is C1=CC[C]([Hf+2][C]2=CC=CC2)=C1.N#C[O-].N#C[O-].N#C[O-].N#C[O-].N#C[O-].N#C[O-].[Zr+4]. The third-order valence-electron chi connectivity index (χ3n) is 1.86. The Balaban J connectivity index is -0.0000000646. The zero-order valence-corrected chi connectivity index (χ0v) is 21.1. The first kappa shape index (κ1) is 41.0. The first-order valence-corrected chi connectivity index (χ1v) is 10.1. The van der Waals surface area contributed by atoms with E-state index in [4.69, 9.17) is 62.2 Å². The molecule has 0 aromatic carbocycles. The summed E-state index contributed by atoms with van der Waals surface area (Å²) in [5.41, 5.74) is 0. The van der Waals surface area contributed by atoms with E-state index in [1.807, 2.05) is 0 Å². The second-order valence-corrected chi connectivity index (χ2v) is 8.83. The first-order valence-electron chi connectivity index (χ1n) is 6.50. The zero-order valence-electron chi connectivity index (χ0n) is 15.0. The van der Waals surface area contributed by atoms with Crippen molar-refractivity contribution >= 4 is 0 Å². The van der Waals surface area contributed by atoms with Gasteiger partial charge in [0.15, 0.2) is 0 Å². The van der Waals surface area contributed by atoms with Crippen molar-refractivity contribution in [2.75, 3.05) is 0 Å². The minimum Gasteiger partial charge on any atom is -0.812 e. The molecule has 0 radical (unpaired) electrons. The maximum atomic E-state index is 8.24. The van der Waals surface area contributed by atoms with Gasteiger partial charge in [-0.3, -0.25) is 0 Å². The van der Waals surface area contributed by atoms with Crippen LogP contribution in [0.1, 0.15) is 12.8 Å². The molecule has 2 aliphatic rings. The van der Waals surface area contributed by atoms with E-state index >= 15 is 0 Å². The van der Waals surface area contributed by atoms with Crippen LogP contribution in [0.4, 0.5) is 0 Å². The van der Waals surface area contributed by atoms with Crippen LogP contribution in [0.25, 0.3) is 0 Å². The Kier molecular flexibility index (Phi) is 68.2. The van der Waals surface area contributed by atoms with Gasteiger partial charge in [-0.2, -0.15) is 0 Å². The number of nitrogens with zero attached hydrogens (tertiary/aromatic N) is 6. The average molecular weight is 652 g/mol. The molecule has 0 saturated heterocycles. The molecular formula is C16H10HfN6O6Zr. The van der Waals surface area contributed by atoms with E-state index in [0.29, 0.717) is 37.5 Å². The predicted molar refractivity (Wildman–Crippen MR) is 77.4 cm³/mol. The fraction of sp³-hybridized carbons (Fsp3) is 0.125. The number of hydrogen-bond acceptors (Lipinski definition) is 12. The van der Waals surface area contributed by atoms with Gasteiger partial charge in [-0.05, 0) is 0 Å². The molecule has 0 aromatic rings. The predicted octanol–water partition coefficient (Wildman–Crippen LogP) is -4.28. The molecule has 0 amide bonds. The largest absolute Gasteiger partial charge is 4.00 e.